The van der Waals surface area contributed by atoms with Gasteiger partial charge in [-0.1, -0.05) is 11.6 Å². The first kappa shape index (κ1) is 16.0. The zero-order valence-electron chi connectivity index (χ0n) is 13.1. The lowest BCUT2D eigenvalue weighted by Gasteiger charge is -2.19. The number of hydrogen-bond donors (Lipinski definition) is 2. The molecule has 0 aliphatic carbocycles. The molecule has 2 heterocycles. The molecule has 0 fully saturated rings. The number of aryl methyl sites for hydroxylation is 1. The van der Waals surface area contributed by atoms with Gasteiger partial charge < -0.3 is 10.6 Å². The molecule has 0 bridgehead atoms. The van der Waals surface area contributed by atoms with Gasteiger partial charge in [0.1, 0.15) is 23.8 Å². The molecule has 0 aliphatic heterocycles. The largest absolute Gasteiger partial charge is 0.381 e. The lowest BCUT2D eigenvalue weighted by molar-refractivity contribution is 0.760. The highest BCUT2D eigenvalue weighted by Gasteiger charge is 2.12. The van der Waals surface area contributed by atoms with Gasteiger partial charge >= 0.3 is 0 Å². The first-order valence-electron chi connectivity index (χ1n) is 7.44. The maximum atomic E-state index is 9.09. The normalized spacial score (nSPS) is 10.7. The third-order valence-corrected chi connectivity index (χ3v) is 4.08. The van der Waals surface area contributed by atoms with Gasteiger partial charge in [-0.05, 0) is 31.0 Å². The van der Waals surface area contributed by atoms with Crippen LogP contribution >= 0.6 is 11.6 Å². The number of fused-ring (bicyclic) bond motifs is 1. The fourth-order valence-electron chi connectivity index (χ4n) is 2.62. The van der Waals surface area contributed by atoms with Crippen LogP contribution in [0, 0.1) is 11.3 Å². The highest BCUT2D eigenvalue weighted by Crippen LogP contribution is 2.25. The SMILES string of the molecule is CN(CCCc1[nH]nc(N)c1C#N)c1ncnc2cc(Cl)ccc12. The molecule has 8 heteroatoms. The first-order chi connectivity index (χ1) is 11.6. The molecule has 0 saturated carbocycles. The van der Waals surface area contributed by atoms with E-state index in [0.717, 1.165) is 35.4 Å². The van der Waals surface area contributed by atoms with Gasteiger partial charge in [-0.3, -0.25) is 5.10 Å². The maximum Gasteiger partial charge on any atom is 0.163 e. The number of aromatic nitrogens is 4. The quantitative estimate of drug-likeness (QED) is 0.738. The monoisotopic (exact) mass is 341 g/mol. The van der Waals surface area contributed by atoms with E-state index in [1.807, 2.05) is 25.2 Å². The molecule has 2 aromatic heterocycles. The molecular weight excluding hydrogens is 326 g/mol. The zero-order chi connectivity index (χ0) is 17.1. The van der Waals surface area contributed by atoms with Gasteiger partial charge in [-0.2, -0.15) is 10.4 Å². The van der Waals surface area contributed by atoms with E-state index in [9.17, 15) is 0 Å². The maximum absolute atomic E-state index is 9.09. The van der Waals surface area contributed by atoms with E-state index in [1.165, 1.54) is 6.33 Å². The summed E-state index contributed by atoms with van der Waals surface area (Å²) in [5, 5.41) is 17.4. The summed E-state index contributed by atoms with van der Waals surface area (Å²) in [6.07, 6.45) is 3.05. The molecule has 3 rings (SSSR count). The minimum absolute atomic E-state index is 0.250. The van der Waals surface area contributed by atoms with Crippen LogP contribution in [0.1, 0.15) is 17.7 Å². The average molecular weight is 342 g/mol. The number of nitrogens with two attached hydrogens (primary N) is 1. The number of nitrogens with one attached hydrogen (secondary N) is 1. The third kappa shape index (κ3) is 3.09. The summed E-state index contributed by atoms with van der Waals surface area (Å²) in [6.45, 7) is 0.762. The smallest absolute Gasteiger partial charge is 0.163 e. The Morgan fingerprint density at radius 1 is 1.38 bits per heavy atom. The molecule has 7 nitrogen and oxygen atoms in total. The lowest BCUT2D eigenvalue weighted by atomic mass is 10.1. The highest BCUT2D eigenvalue weighted by atomic mass is 35.5. The Balaban J connectivity index is 1.72. The molecule has 0 radical (unpaired) electrons. The number of halogens is 1. The van der Waals surface area contributed by atoms with Gasteiger partial charge in [0.15, 0.2) is 5.82 Å². The first-order valence-corrected chi connectivity index (χ1v) is 7.82. The summed E-state index contributed by atoms with van der Waals surface area (Å²) in [5.74, 6) is 1.10. The van der Waals surface area contributed by atoms with Crippen molar-refractivity contribution in [3.8, 4) is 6.07 Å². The zero-order valence-corrected chi connectivity index (χ0v) is 13.9. The van der Waals surface area contributed by atoms with E-state index in [1.54, 1.807) is 0 Å². The number of aromatic amines is 1. The molecule has 0 atom stereocenters. The minimum atomic E-state index is 0.250. The van der Waals surface area contributed by atoms with E-state index >= 15 is 0 Å². The molecule has 1 aromatic carbocycles. The molecule has 122 valence electrons. The Kier molecular flexibility index (Phi) is 4.49. The van der Waals surface area contributed by atoms with E-state index in [0.29, 0.717) is 17.0 Å². The summed E-state index contributed by atoms with van der Waals surface area (Å²) < 4.78 is 0. The van der Waals surface area contributed by atoms with E-state index < -0.39 is 0 Å². The molecule has 0 unspecified atom stereocenters. The number of anilines is 2. The van der Waals surface area contributed by atoms with Crippen molar-refractivity contribution in [1.29, 1.82) is 5.26 Å². The van der Waals surface area contributed by atoms with Crippen molar-refractivity contribution < 1.29 is 0 Å². The van der Waals surface area contributed by atoms with Gasteiger partial charge in [0.25, 0.3) is 0 Å². The molecular formula is C16H16ClN7. The second-order valence-electron chi connectivity index (χ2n) is 5.46. The Morgan fingerprint density at radius 2 is 2.21 bits per heavy atom. The van der Waals surface area contributed by atoms with Crippen LogP contribution in [0.15, 0.2) is 24.5 Å². The van der Waals surface area contributed by atoms with Gasteiger partial charge in [0.05, 0.1) is 11.2 Å². The number of nitriles is 1. The van der Waals surface area contributed by atoms with Crippen LogP contribution in [-0.4, -0.2) is 33.8 Å². The van der Waals surface area contributed by atoms with Crippen LogP contribution in [-0.2, 0) is 6.42 Å². The fraction of sp³-hybridized carbons (Fsp3) is 0.250. The Hall–Kier alpha value is -2.85. The Bertz CT molecular complexity index is 912. The van der Waals surface area contributed by atoms with Crippen molar-refractivity contribution in [2.24, 2.45) is 0 Å². The summed E-state index contributed by atoms with van der Waals surface area (Å²) in [4.78, 5) is 10.7. The number of nitrogen functional groups attached to an aromatic ring is 1. The molecule has 0 saturated heterocycles. The second kappa shape index (κ2) is 6.72. The van der Waals surface area contributed by atoms with Crippen molar-refractivity contribution in [1.82, 2.24) is 20.2 Å². The Labute approximate surface area is 144 Å². The van der Waals surface area contributed by atoms with Crippen molar-refractivity contribution in [2.45, 2.75) is 12.8 Å². The van der Waals surface area contributed by atoms with Crippen molar-refractivity contribution in [3.05, 3.63) is 40.8 Å². The van der Waals surface area contributed by atoms with E-state index in [4.69, 9.17) is 22.6 Å². The van der Waals surface area contributed by atoms with Crippen LogP contribution in [0.25, 0.3) is 10.9 Å². The second-order valence-corrected chi connectivity index (χ2v) is 5.89. The standard InChI is InChI=1S/C16H16ClN7/c1-24(6-2-3-13-12(8-18)15(19)23-22-13)16-11-5-4-10(17)7-14(11)20-9-21-16/h4-5,7,9H,2-3,6H2,1H3,(H3,19,22,23). The molecule has 24 heavy (non-hydrogen) atoms. The number of nitrogens with zero attached hydrogens (tertiary/aromatic N) is 5. The van der Waals surface area contributed by atoms with E-state index in [2.05, 4.69) is 31.1 Å². The Morgan fingerprint density at radius 3 is 3.00 bits per heavy atom. The van der Waals surface area contributed by atoms with Gasteiger partial charge in [0, 0.05) is 24.0 Å². The van der Waals surface area contributed by atoms with Crippen LogP contribution in [0.2, 0.25) is 5.02 Å². The van der Waals surface area contributed by atoms with Crippen molar-refractivity contribution in [2.75, 3.05) is 24.2 Å². The molecule has 0 aliphatic rings. The number of rotatable bonds is 5. The van der Waals surface area contributed by atoms with Crippen LogP contribution in [0.4, 0.5) is 11.6 Å². The van der Waals surface area contributed by atoms with Crippen LogP contribution in [0.3, 0.4) is 0 Å². The number of benzene rings is 1. The summed E-state index contributed by atoms with van der Waals surface area (Å²) in [6, 6.07) is 7.65. The highest BCUT2D eigenvalue weighted by molar-refractivity contribution is 6.31. The summed E-state index contributed by atoms with van der Waals surface area (Å²) in [5.41, 5.74) is 7.66. The average Bonchev–Trinajstić information content (AvgIpc) is 2.93. The van der Waals surface area contributed by atoms with Gasteiger partial charge in [0.2, 0.25) is 0 Å². The number of H-pyrrole nitrogens is 1. The van der Waals surface area contributed by atoms with Crippen molar-refractivity contribution >= 4 is 34.1 Å². The van der Waals surface area contributed by atoms with Gasteiger partial charge in [-0.25, -0.2) is 9.97 Å². The predicted octanol–water partition coefficient (Wildman–Crippen LogP) is 2.53. The van der Waals surface area contributed by atoms with Gasteiger partial charge in [-0.15, -0.1) is 0 Å². The van der Waals surface area contributed by atoms with Crippen LogP contribution < -0.4 is 10.6 Å². The molecule has 3 N–H and O–H groups in total. The molecule has 0 amide bonds. The van der Waals surface area contributed by atoms with Crippen LogP contribution in [0.5, 0.6) is 0 Å². The number of hydrogen-bond acceptors (Lipinski definition) is 6. The molecule has 0 spiro atoms. The van der Waals surface area contributed by atoms with Crippen molar-refractivity contribution in [3.63, 3.8) is 0 Å². The predicted molar refractivity (Wildman–Crippen MR) is 93.9 cm³/mol. The van der Waals surface area contributed by atoms with E-state index in [-0.39, 0.29) is 5.82 Å². The minimum Gasteiger partial charge on any atom is -0.381 e. The fourth-order valence-corrected chi connectivity index (χ4v) is 2.79. The summed E-state index contributed by atoms with van der Waals surface area (Å²) in [7, 11) is 1.98. The summed E-state index contributed by atoms with van der Waals surface area (Å²) >= 11 is 6.01. The topological polar surface area (TPSA) is 108 Å². The lowest BCUT2D eigenvalue weighted by Crippen LogP contribution is -2.20. The third-order valence-electron chi connectivity index (χ3n) is 3.84. The molecule has 3 aromatic rings.